The molecule has 0 saturated heterocycles. The Bertz CT molecular complexity index is 649. The van der Waals surface area contributed by atoms with Crippen LogP contribution in [0.4, 0.5) is 0 Å². The SMILES string of the molecule is COc1c(-n2cnnc2)cc(C2(C)CC2)cc1C(C)(C)C. The zero-order valence-electron chi connectivity index (χ0n) is 13.5. The lowest BCUT2D eigenvalue weighted by Crippen LogP contribution is -2.16. The highest BCUT2D eigenvalue weighted by Crippen LogP contribution is 2.50. The van der Waals surface area contributed by atoms with E-state index in [1.807, 2.05) is 4.57 Å². The van der Waals surface area contributed by atoms with E-state index in [1.54, 1.807) is 19.8 Å². The van der Waals surface area contributed by atoms with Gasteiger partial charge in [0.15, 0.2) is 0 Å². The predicted octanol–water partition coefficient (Wildman–Crippen LogP) is 3.62. The van der Waals surface area contributed by atoms with Crippen LogP contribution >= 0.6 is 0 Å². The van der Waals surface area contributed by atoms with Crippen LogP contribution in [0.25, 0.3) is 5.69 Å². The van der Waals surface area contributed by atoms with Crippen LogP contribution in [0.3, 0.4) is 0 Å². The molecule has 0 radical (unpaired) electrons. The highest BCUT2D eigenvalue weighted by Gasteiger charge is 2.40. The van der Waals surface area contributed by atoms with Gasteiger partial charge in [-0.2, -0.15) is 0 Å². The largest absolute Gasteiger partial charge is 0.494 e. The molecule has 2 aromatic rings. The molecule has 4 nitrogen and oxygen atoms in total. The lowest BCUT2D eigenvalue weighted by atomic mass is 9.82. The summed E-state index contributed by atoms with van der Waals surface area (Å²) in [6, 6.07) is 4.55. The minimum atomic E-state index is 0.0232. The lowest BCUT2D eigenvalue weighted by Gasteiger charge is -2.26. The first kappa shape index (κ1) is 14.1. The molecular formula is C17H23N3O. The molecule has 21 heavy (non-hydrogen) atoms. The van der Waals surface area contributed by atoms with Gasteiger partial charge in [0, 0.05) is 5.56 Å². The van der Waals surface area contributed by atoms with Gasteiger partial charge in [-0.25, -0.2) is 0 Å². The van der Waals surface area contributed by atoms with Crippen molar-refractivity contribution in [2.45, 2.75) is 51.4 Å². The highest BCUT2D eigenvalue weighted by atomic mass is 16.5. The summed E-state index contributed by atoms with van der Waals surface area (Å²) in [7, 11) is 1.73. The molecule has 1 heterocycles. The van der Waals surface area contributed by atoms with E-state index in [-0.39, 0.29) is 5.41 Å². The number of aromatic nitrogens is 3. The minimum absolute atomic E-state index is 0.0232. The van der Waals surface area contributed by atoms with Crippen molar-refractivity contribution in [2.75, 3.05) is 7.11 Å². The summed E-state index contributed by atoms with van der Waals surface area (Å²) < 4.78 is 7.67. The van der Waals surface area contributed by atoms with Crippen LogP contribution in [-0.2, 0) is 10.8 Å². The Hall–Kier alpha value is -1.84. The Labute approximate surface area is 126 Å². The molecule has 0 unspecified atom stereocenters. The Balaban J connectivity index is 2.26. The summed E-state index contributed by atoms with van der Waals surface area (Å²) in [4.78, 5) is 0. The molecule has 0 amide bonds. The smallest absolute Gasteiger partial charge is 0.146 e. The quantitative estimate of drug-likeness (QED) is 0.864. The van der Waals surface area contributed by atoms with E-state index in [2.05, 4.69) is 50.0 Å². The third-order valence-electron chi connectivity index (χ3n) is 4.48. The maximum atomic E-state index is 5.74. The number of hydrogen-bond acceptors (Lipinski definition) is 3. The fourth-order valence-corrected chi connectivity index (χ4v) is 2.73. The molecule has 112 valence electrons. The molecule has 1 aliphatic carbocycles. The molecule has 0 aliphatic heterocycles. The Morgan fingerprint density at radius 2 is 1.76 bits per heavy atom. The van der Waals surface area contributed by atoms with Crippen LogP contribution in [0.5, 0.6) is 5.75 Å². The van der Waals surface area contributed by atoms with Crippen molar-refractivity contribution in [1.29, 1.82) is 0 Å². The summed E-state index contributed by atoms with van der Waals surface area (Å²) >= 11 is 0. The molecule has 1 fully saturated rings. The predicted molar refractivity (Wildman–Crippen MR) is 83.2 cm³/mol. The molecule has 3 rings (SSSR count). The monoisotopic (exact) mass is 285 g/mol. The van der Waals surface area contributed by atoms with Crippen LogP contribution in [0.2, 0.25) is 0 Å². The topological polar surface area (TPSA) is 39.9 Å². The fourth-order valence-electron chi connectivity index (χ4n) is 2.73. The van der Waals surface area contributed by atoms with Crippen LogP contribution in [0, 0.1) is 0 Å². The van der Waals surface area contributed by atoms with Gasteiger partial charge in [0.2, 0.25) is 0 Å². The first-order valence-electron chi connectivity index (χ1n) is 7.43. The maximum absolute atomic E-state index is 5.74. The van der Waals surface area contributed by atoms with Crippen molar-refractivity contribution >= 4 is 0 Å². The molecule has 1 aromatic heterocycles. The lowest BCUT2D eigenvalue weighted by molar-refractivity contribution is 0.395. The highest BCUT2D eigenvalue weighted by molar-refractivity contribution is 5.58. The van der Waals surface area contributed by atoms with Gasteiger partial charge >= 0.3 is 0 Å². The third-order valence-corrected chi connectivity index (χ3v) is 4.48. The summed E-state index contributed by atoms with van der Waals surface area (Å²) in [5, 5.41) is 7.86. The summed E-state index contributed by atoms with van der Waals surface area (Å²) in [5.41, 5.74) is 3.99. The maximum Gasteiger partial charge on any atom is 0.146 e. The van der Waals surface area contributed by atoms with Crippen LogP contribution in [0.15, 0.2) is 24.8 Å². The van der Waals surface area contributed by atoms with Crippen molar-refractivity contribution < 1.29 is 4.74 Å². The number of nitrogens with zero attached hydrogens (tertiary/aromatic N) is 3. The Kier molecular flexibility index (Phi) is 3.08. The summed E-state index contributed by atoms with van der Waals surface area (Å²) in [6.07, 6.45) is 5.96. The second-order valence-corrected chi connectivity index (χ2v) is 7.26. The van der Waals surface area contributed by atoms with E-state index in [0.717, 1.165) is 11.4 Å². The van der Waals surface area contributed by atoms with Gasteiger partial charge in [-0.3, -0.25) is 4.57 Å². The fraction of sp³-hybridized carbons (Fsp3) is 0.529. The van der Waals surface area contributed by atoms with E-state index in [4.69, 9.17) is 4.74 Å². The molecule has 1 aromatic carbocycles. The van der Waals surface area contributed by atoms with Crippen molar-refractivity contribution in [1.82, 2.24) is 14.8 Å². The van der Waals surface area contributed by atoms with E-state index >= 15 is 0 Å². The Morgan fingerprint density at radius 1 is 1.14 bits per heavy atom. The molecule has 4 heteroatoms. The van der Waals surface area contributed by atoms with Crippen molar-refractivity contribution in [3.05, 3.63) is 35.9 Å². The molecule has 0 bridgehead atoms. The number of rotatable bonds is 3. The first-order valence-corrected chi connectivity index (χ1v) is 7.43. The third kappa shape index (κ3) is 2.43. The second kappa shape index (κ2) is 4.58. The number of methoxy groups -OCH3 is 1. The van der Waals surface area contributed by atoms with Gasteiger partial charge in [-0.15, -0.1) is 10.2 Å². The first-order chi connectivity index (χ1) is 9.85. The summed E-state index contributed by atoms with van der Waals surface area (Å²) in [6.45, 7) is 9.00. The number of hydrogen-bond donors (Lipinski definition) is 0. The Morgan fingerprint density at radius 3 is 2.24 bits per heavy atom. The normalized spacial score (nSPS) is 16.8. The van der Waals surface area contributed by atoms with Crippen molar-refractivity contribution in [3.8, 4) is 11.4 Å². The van der Waals surface area contributed by atoms with E-state index in [0.29, 0.717) is 5.41 Å². The van der Waals surface area contributed by atoms with Crippen LogP contribution in [-0.4, -0.2) is 21.9 Å². The van der Waals surface area contributed by atoms with Gasteiger partial charge < -0.3 is 4.74 Å². The minimum Gasteiger partial charge on any atom is -0.494 e. The average molecular weight is 285 g/mol. The molecule has 1 saturated carbocycles. The van der Waals surface area contributed by atoms with E-state index in [9.17, 15) is 0 Å². The van der Waals surface area contributed by atoms with Crippen molar-refractivity contribution in [2.24, 2.45) is 0 Å². The van der Waals surface area contributed by atoms with Gasteiger partial charge in [-0.05, 0) is 35.3 Å². The van der Waals surface area contributed by atoms with Gasteiger partial charge in [0.25, 0.3) is 0 Å². The average Bonchev–Trinajstić information content (AvgIpc) is 2.97. The van der Waals surface area contributed by atoms with Crippen molar-refractivity contribution in [3.63, 3.8) is 0 Å². The molecule has 0 atom stereocenters. The molecule has 0 spiro atoms. The number of benzene rings is 1. The van der Waals surface area contributed by atoms with Crippen LogP contribution in [0.1, 0.15) is 51.7 Å². The van der Waals surface area contributed by atoms with Gasteiger partial charge in [0.1, 0.15) is 18.4 Å². The molecule has 1 aliphatic rings. The van der Waals surface area contributed by atoms with E-state index in [1.165, 1.54) is 24.0 Å². The van der Waals surface area contributed by atoms with E-state index < -0.39 is 0 Å². The standard InChI is InChI=1S/C17H23N3O/c1-16(2,3)13-8-12(17(4)6-7-17)9-14(15(13)21-5)20-10-18-19-11-20/h8-11H,6-7H2,1-5H3. The molecule has 0 N–H and O–H groups in total. The van der Waals surface area contributed by atoms with Crippen LogP contribution < -0.4 is 4.74 Å². The van der Waals surface area contributed by atoms with Gasteiger partial charge in [0.05, 0.1) is 12.8 Å². The summed E-state index contributed by atoms with van der Waals surface area (Å²) in [5.74, 6) is 0.912. The number of ether oxygens (including phenoxy) is 1. The second-order valence-electron chi connectivity index (χ2n) is 7.26. The zero-order valence-corrected chi connectivity index (χ0v) is 13.5. The zero-order chi connectivity index (χ0) is 15.3. The van der Waals surface area contributed by atoms with Gasteiger partial charge in [-0.1, -0.05) is 33.8 Å². The molecular weight excluding hydrogens is 262 g/mol.